The minimum Gasteiger partial charge on any atom is -0.347 e. The van der Waals surface area contributed by atoms with E-state index in [1.165, 1.54) is 0 Å². The maximum atomic E-state index is 11.7. The minimum atomic E-state index is -0.174. The lowest BCUT2D eigenvalue weighted by molar-refractivity contribution is 0.0939. The van der Waals surface area contributed by atoms with Gasteiger partial charge in [0.15, 0.2) is 0 Å². The number of carbonyl (C=O) groups is 1. The van der Waals surface area contributed by atoms with E-state index in [-0.39, 0.29) is 11.9 Å². The third kappa shape index (κ3) is 4.41. The molecule has 0 aliphatic rings. The molecular formula is C11H15ClN2OS. The molecule has 0 fully saturated rings. The third-order valence-corrected chi connectivity index (χ3v) is 3.25. The second kappa shape index (κ2) is 6.76. The van der Waals surface area contributed by atoms with Crippen LogP contribution in [0.15, 0.2) is 18.2 Å². The van der Waals surface area contributed by atoms with E-state index in [2.05, 4.69) is 17.2 Å². The molecule has 0 spiro atoms. The van der Waals surface area contributed by atoms with E-state index in [1.807, 2.05) is 6.92 Å². The number of nitrogens with zero attached hydrogens (tertiary/aromatic N) is 1. The van der Waals surface area contributed by atoms with Gasteiger partial charge in [0, 0.05) is 11.8 Å². The van der Waals surface area contributed by atoms with Crippen molar-refractivity contribution in [2.24, 2.45) is 0 Å². The highest BCUT2D eigenvalue weighted by Crippen LogP contribution is 2.06. The molecule has 0 radical (unpaired) electrons. The first kappa shape index (κ1) is 13.3. The Bertz CT molecular complexity index is 360. The van der Waals surface area contributed by atoms with Crippen molar-refractivity contribution in [2.45, 2.75) is 19.9 Å². The predicted molar refractivity (Wildman–Crippen MR) is 69.2 cm³/mol. The molecule has 88 valence electrons. The molecule has 0 aliphatic carbocycles. The zero-order valence-corrected chi connectivity index (χ0v) is 10.9. The van der Waals surface area contributed by atoms with Gasteiger partial charge in [0.1, 0.15) is 10.8 Å². The van der Waals surface area contributed by atoms with Gasteiger partial charge in [-0.2, -0.15) is 11.8 Å². The fourth-order valence-corrected chi connectivity index (χ4v) is 2.01. The second-order valence-electron chi connectivity index (χ2n) is 3.38. The van der Waals surface area contributed by atoms with Crippen molar-refractivity contribution in [2.75, 3.05) is 11.5 Å². The summed E-state index contributed by atoms with van der Waals surface area (Å²) in [6, 6.07) is 5.16. The SMILES string of the molecule is CCSCC(C)NC(=O)c1cccc(Cl)n1. The topological polar surface area (TPSA) is 42.0 Å². The number of hydrogen-bond donors (Lipinski definition) is 1. The van der Waals surface area contributed by atoms with E-state index in [4.69, 9.17) is 11.6 Å². The second-order valence-corrected chi connectivity index (χ2v) is 5.09. The van der Waals surface area contributed by atoms with Gasteiger partial charge in [-0.25, -0.2) is 4.98 Å². The summed E-state index contributed by atoms with van der Waals surface area (Å²) >= 11 is 7.51. The Morgan fingerprint density at radius 2 is 2.38 bits per heavy atom. The van der Waals surface area contributed by atoms with Crippen LogP contribution in [0.3, 0.4) is 0 Å². The first-order valence-electron chi connectivity index (χ1n) is 5.14. The zero-order valence-electron chi connectivity index (χ0n) is 9.37. The number of aromatic nitrogens is 1. The maximum absolute atomic E-state index is 11.7. The van der Waals surface area contributed by atoms with Crippen molar-refractivity contribution in [3.63, 3.8) is 0 Å². The van der Waals surface area contributed by atoms with Crippen LogP contribution in [0.5, 0.6) is 0 Å². The van der Waals surface area contributed by atoms with Gasteiger partial charge in [-0.3, -0.25) is 4.79 Å². The lowest BCUT2D eigenvalue weighted by Gasteiger charge is -2.12. The molecule has 0 aliphatic heterocycles. The number of nitrogens with one attached hydrogen (secondary N) is 1. The summed E-state index contributed by atoms with van der Waals surface area (Å²) < 4.78 is 0. The van der Waals surface area contributed by atoms with E-state index >= 15 is 0 Å². The maximum Gasteiger partial charge on any atom is 0.270 e. The Kier molecular flexibility index (Phi) is 5.63. The Hall–Kier alpha value is -0.740. The Morgan fingerprint density at radius 3 is 3.00 bits per heavy atom. The first-order chi connectivity index (χ1) is 7.63. The van der Waals surface area contributed by atoms with E-state index in [0.717, 1.165) is 11.5 Å². The van der Waals surface area contributed by atoms with Gasteiger partial charge in [0.05, 0.1) is 0 Å². The summed E-state index contributed by atoms with van der Waals surface area (Å²) in [5.74, 6) is 1.78. The first-order valence-corrected chi connectivity index (χ1v) is 6.68. The Labute approximate surface area is 105 Å². The molecule has 1 heterocycles. The molecule has 1 amide bonds. The summed E-state index contributed by atoms with van der Waals surface area (Å²) in [7, 11) is 0. The Balaban J connectivity index is 2.52. The van der Waals surface area contributed by atoms with E-state index in [0.29, 0.717) is 10.8 Å². The van der Waals surface area contributed by atoms with Gasteiger partial charge in [-0.05, 0) is 24.8 Å². The lowest BCUT2D eigenvalue weighted by Crippen LogP contribution is -2.34. The van der Waals surface area contributed by atoms with Crippen molar-refractivity contribution >= 4 is 29.3 Å². The predicted octanol–water partition coefficient (Wildman–Crippen LogP) is 2.61. The normalized spacial score (nSPS) is 12.2. The Morgan fingerprint density at radius 1 is 1.62 bits per heavy atom. The van der Waals surface area contributed by atoms with Crippen molar-refractivity contribution in [3.05, 3.63) is 29.0 Å². The number of thioether (sulfide) groups is 1. The molecule has 0 aromatic carbocycles. The standard InChI is InChI=1S/C11H15ClN2OS/c1-3-16-7-8(2)13-11(15)9-5-4-6-10(12)14-9/h4-6,8H,3,7H2,1-2H3,(H,13,15). The van der Waals surface area contributed by atoms with Gasteiger partial charge in [0.25, 0.3) is 5.91 Å². The summed E-state index contributed by atoms with van der Waals surface area (Å²) in [5.41, 5.74) is 0.362. The largest absolute Gasteiger partial charge is 0.347 e. The summed E-state index contributed by atoms with van der Waals surface area (Å²) in [4.78, 5) is 15.7. The third-order valence-electron chi connectivity index (χ3n) is 1.90. The van der Waals surface area contributed by atoms with E-state index in [9.17, 15) is 4.79 Å². The molecule has 1 unspecified atom stereocenters. The number of carbonyl (C=O) groups excluding carboxylic acids is 1. The number of rotatable bonds is 5. The molecule has 16 heavy (non-hydrogen) atoms. The highest BCUT2D eigenvalue weighted by molar-refractivity contribution is 7.99. The van der Waals surface area contributed by atoms with Gasteiger partial charge < -0.3 is 5.32 Å². The van der Waals surface area contributed by atoms with Crippen LogP contribution in [0.4, 0.5) is 0 Å². The molecule has 3 nitrogen and oxygen atoms in total. The van der Waals surface area contributed by atoms with Crippen LogP contribution in [0.2, 0.25) is 5.15 Å². The van der Waals surface area contributed by atoms with Gasteiger partial charge >= 0.3 is 0 Å². The molecule has 0 saturated heterocycles. The molecule has 1 aromatic rings. The van der Waals surface area contributed by atoms with Crippen LogP contribution >= 0.6 is 23.4 Å². The monoisotopic (exact) mass is 258 g/mol. The molecule has 1 rings (SSSR count). The van der Waals surface area contributed by atoms with E-state index in [1.54, 1.807) is 30.0 Å². The van der Waals surface area contributed by atoms with Crippen LogP contribution in [-0.2, 0) is 0 Å². The van der Waals surface area contributed by atoms with Crippen LogP contribution in [0, 0.1) is 0 Å². The van der Waals surface area contributed by atoms with Crippen molar-refractivity contribution in [3.8, 4) is 0 Å². The number of pyridine rings is 1. The van der Waals surface area contributed by atoms with Crippen LogP contribution in [0.1, 0.15) is 24.3 Å². The average molecular weight is 259 g/mol. The van der Waals surface area contributed by atoms with Crippen molar-refractivity contribution in [1.29, 1.82) is 0 Å². The highest BCUT2D eigenvalue weighted by Gasteiger charge is 2.10. The fraction of sp³-hybridized carbons (Fsp3) is 0.455. The van der Waals surface area contributed by atoms with Crippen molar-refractivity contribution < 1.29 is 4.79 Å². The lowest BCUT2D eigenvalue weighted by atomic mass is 10.3. The fourth-order valence-electron chi connectivity index (χ4n) is 1.17. The number of amides is 1. The van der Waals surface area contributed by atoms with Gasteiger partial charge in [-0.1, -0.05) is 24.6 Å². The van der Waals surface area contributed by atoms with Crippen LogP contribution in [-0.4, -0.2) is 28.4 Å². The van der Waals surface area contributed by atoms with Gasteiger partial charge in [0.2, 0.25) is 0 Å². The molecule has 0 bridgehead atoms. The van der Waals surface area contributed by atoms with Crippen molar-refractivity contribution in [1.82, 2.24) is 10.3 Å². The zero-order chi connectivity index (χ0) is 12.0. The van der Waals surface area contributed by atoms with Gasteiger partial charge in [-0.15, -0.1) is 0 Å². The highest BCUT2D eigenvalue weighted by atomic mass is 35.5. The summed E-state index contributed by atoms with van der Waals surface area (Å²) in [6.45, 7) is 4.07. The molecule has 1 N–H and O–H groups in total. The molecule has 0 saturated carbocycles. The average Bonchev–Trinajstić information content (AvgIpc) is 2.26. The van der Waals surface area contributed by atoms with Crippen LogP contribution < -0.4 is 5.32 Å². The quantitative estimate of drug-likeness (QED) is 0.826. The molecule has 5 heteroatoms. The summed E-state index contributed by atoms with van der Waals surface area (Å²) in [5, 5.41) is 3.21. The number of hydrogen-bond acceptors (Lipinski definition) is 3. The molecule has 1 aromatic heterocycles. The molecule has 1 atom stereocenters. The summed E-state index contributed by atoms with van der Waals surface area (Å²) in [6.07, 6.45) is 0. The van der Waals surface area contributed by atoms with E-state index < -0.39 is 0 Å². The minimum absolute atomic E-state index is 0.137. The smallest absolute Gasteiger partial charge is 0.270 e. The van der Waals surface area contributed by atoms with Crippen LogP contribution in [0.25, 0.3) is 0 Å². The number of halogens is 1. The molecular weight excluding hydrogens is 244 g/mol.